The van der Waals surface area contributed by atoms with Gasteiger partial charge in [0.15, 0.2) is 0 Å². The molecule has 0 unspecified atom stereocenters. The highest BCUT2D eigenvalue weighted by atomic mass is 79.9. The Bertz CT molecular complexity index is 411. The Labute approximate surface area is 109 Å². The fourth-order valence-electron chi connectivity index (χ4n) is 2.02. The molecule has 0 aliphatic carbocycles. The predicted molar refractivity (Wildman–Crippen MR) is 68.5 cm³/mol. The summed E-state index contributed by atoms with van der Waals surface area (Å²) in [4.78, 5) is 4.51. The molecule has 1 aromatic rings. The van der Waals surface area contributed by atoms with Gasteiger partial charge in [0.2, 0.25) is 5.88 Å². The van der Waals surface area contributed by atoms with Crippen LogP contribution in [0, 0.1) is 0 Å². The number of halogens is 2. The van der Waals surface area contributed by atoms with E-state index >= 15 is 0 Å². The Kier molecular flexibility index (Phi) is 3.72. The maximum Gasteiger partial charge on any atom is 0.229 e. The van der Waals surface area contributed by atoms with E-state index in [9.17, 15) is 0 Å². The number of hydrogen-bond acceptors (Lipinski definition) is 3. The molecule has 1 atom stereocenters. The summed E-state index contributed by atoms with van der Waals surface area (Å²) in [5, 5.41) is 4.11. The largest absolute Gasteiger partial charge is 0.480 e. The molecule has 0 fully saturated rings. The van der Waals surface area contributed by atoms with Crippen LogP contribution in [0.15, 0.2) is 4.47 Å². The van der Waals surface area contributed by atoms with Crippen LogP contribution in [0.4, 0.5) is 0 Å². The SMILES string of the molecule is COc1nc2c(c(Cl)c1Br)[C@H](C)CNCC2. The van der Waals surface area contributed by atoms with Gasteiger partial charge in [0.05, 0.1) is 22.3 Å². The van der Waals surface area contributed by atoms with Crippen LogP contribution >= 0.6 is 27.5 Å². The molecule has 0 amide bonds. The van der Waals surface area contributed by atoms with E-state index in [1.807, 2.05) is 0 Å². The number of rotatable bonds is 1. The first-order chi connectivity index (χ1) is 7.65. The summed E-state index contributed by atoms with van der Waals surface area (Å²) in [7, 11) is 1.61. The number of methoxy groups -OCH3 is 1. The van der Waals surface area contributed by atoms with Crippen molar-refractivity contribution < 1.29 is 4.74 Å². The zero-order valence-electron chi connectivity index (χ0n) is 9.31. The van der Waals surface area contributed by atoms with Crippen LogP contribution in [0.1, 0.15) is 24.1 Å². The lowest BCUT2D eigenvalue weighted by Crippen LogP contribution is -2.18. The maximum atomic E-state index is 6.37. The molecular weight excluding hydrogens is 291 g/mol. The molecule has 1 N–H and O–H groups in total. The second-order valence-electron chi connectivity index (χ2n) is 3.96. The molecule has 1 aliphatic heterocycles. The van der Waals surface area contributed by atoms with Crippen molar-refractivity contribution in [3.63, 3.8) is 0 Å². The molecule has 0 saturated heterocycles. The third-order valence-corrected chi connectivity index (χ3v) is 4.20. The molecule has 2 rings (SSSR count). The molecule has 5 heteroatoms. The zero-order chi connectivity index (χ0) is 11.7. The Morgan fingerprint density at radius 2 is 2.31 bits per heavy atom. The molecular formula is C11H14BrClN2O. The van der Waals surface area contributed by atoms with Gasteiger partial charge in [-0.3, -0.25) is 0 Å². The van der Waals surface area contributed by atoms with E-state index in [4.69, 9.17) is 16.3 Å². The molecule has 0 bridgehead atoms. The van der Waals surface area contributed by atoms with Gasteiger partial charge in [-0.15, -0.1) is 0 Å². The van der Waals surface area contributed by atoms with Crippen molar-refractivity contribution >= 4 is 27.5 Å². The second kappa shape index (κ2) is 4.90. The lowest BCUT2D eigenvalue weighted by atomic mass is 9.99. The van der Waals surface area contributed by atoms with Gasteiger partial charge in [-0.05, 0) is 27.4 Å². The van der Waals surface area contributed by atoms with Crippen molar-refractivity contribution in [2.45, 2.75) is 19.3 Å². The van der Waals surface area contributed by atoms with Crippen LogP contribution in [0.5, 0.6) is 5.88 Å². The van der Waals surface area contributed by atoms with Crippen molar-refractivity contribution in [3.05, 3.63) is 20.8 Å². The highest BCUT2D eigenvalue weighted by Crippen LogP contribution is 2.38. The van der Waals surface area contributed by atoms with E-state index in [-0.39, 0.29) is 0 Å². The minimum atomic E-state index is 0.375. The number of ether oxygens (including phenoxy) is 1. The molecule has 88 valence electrons. The fraction of sp³-hybridized carbons (Fsp3) is 0.545. The highest BCUT2D eigenvalue weighted by Gasteiger charge is 2.23. The molecule has 0 spiro atoms. The monoisotopic (exact) mass is 304 g/mol. The van der Waals surface area contributed by atoms with Gasteiger partial charge in [-0.25, -0.2) is 4.98 Å². The minimum absolute atomic E-state index is 0.375. The van der Waals surface area contributed by atoms with Gasteiger partial charge in [0.25, 0.3) is 0 Å². The number of hydrogen-bond donors (Lipinski definition) is 1. The third-order valence-electron chi connectivity index (χ3n) is 2.84. The van der Waals surface area contributed by atoms with Crippen LogP contribution in [0.3, 0.4) is 0 Å². The average molecular weight is 306 g/mol. The number of pyridine rings is 1. The van der Waals surface area contributed by atoms with Crippen molar-refractivity contribution in [3.8, 4) is 5.88 Å². The number of aromatic nitrogens is 1. The standard InChI is InChI=1S/C11H14BrClN2O/c1-6-5-14-4-3-7-8(6)10(13)9(12)11(15-7)16-2/h6,14H,3-5H2,1-2H3/t6-/m1/s1. The summed E-state index contributed by atoms with van der Waals surface area (Å²) in [6, 6.07) is 0. The number of nitrogens with one attached hydrogen (secondary N) is 1. The normalized spacial score (nSPS) is 20.1. The Balaban J connectivity index is 2.59. The molecule has 0 radical (unpaired) electrons. The van der Waals surface area contributed by atoms with Crippen LogP contribution in [0.2, 0.25) is 5.02 Å². The van der Waals surface area contributed by atoms with Crippen LogP contribution < -0.4 is 10.1 Å². The van der Waals surface area contributed by atoms with E-state index in [1.165, 1.54) is 0 Å². The smallest absolute Gasteiger partial charge is 0.229 e. The van der Waals surface area contributed by atoms with E-state index in [0.717, 1.165) is 40.3 Å². The minimum Gasteiger partial charge on any atom is -0.480 e. The van der Waals surface area contributed by atoms with E-state index in [1.54, 1.807) is 7.11 Å². The van der Waals surface area contributed by atoms with Gasteiger partial charge < -0.3 is 10.1 Å². The third kappa shape index (κ3) is 2.06. The second-order valence-corrected chi connectivity index (χ2v) is 5.14. The zero-order valence-corrected chi connectivity index (χ0v) is 11.7. The van der Waals surface area contributed by atoms with E-state index < -0.39 is 0 Å². The van der Waals surface area contributed by atoms with Gasteiger partial charge in [-0.1, -0.05) is 18.5 Å². The van der Waals surface area contributed by atoms with E-state index in [2.05, 4.69) is 33.2 Å². The fourth-order valence-corrected chi connectivity index (χ4v) is 2.86. The average Bonchev–Trinajstić information content (AvgIpc) is 2.45. The quantitative estimate of drug-likeness (QED) is 0.866. The molecule has 0 aromatic carbocycles. The van der Waals surface area contributed by atoms with Crippen LogP contribution in [-0.4, -0.2) is 25.2 Å². The maximum absolute atomic E-state index is 6.37. The summed E-state index contributed by atoms with van der Waals surface area (Å²) >= 11 is 9.80. The summed E-state index contributed by atoms with van der Waals surface area (Å²) in [6.45, 7) is 4.03. The lowest BCUT2D eigenvalue weighted by Gasteiger charge is -2.16. The summed E-state index contributed by atoms with van der Waals surface area (Å²) < 4.78 is 5.96. The van der Waals surface area contributed by atoms with Gasteiger partial charge in [0.1, 0.15) is 0 Å². The van der Waals surface area contributed by atoms with Crippen LogP contribution in [-0.2, 0) is 6.42 Å². The molecule has 3 nitrogen and oxygen atoms in total. The summed E-state index contributed by atoms with van der Waals surface area (Å²) in [6.07, 6.45) is 0.892. The molecule has 16 heavy (non-hydrogen) atoms. The highest BCUT2D eigenvalue weighted by molar-refractivity contribution is 9.10. The summed E-state index contributed by atoms with van der Waals surface area (Å²) in [5.41, 5.74) is 2.18. The van der Waals surface area contributed by atoms with Crippen molar-refractivity contribution in [1.29, 1.82) is 0 Å². The van der Waals surface area contributed by atoms with Crippen molar-refractivity contribution in [2.24, 2.45) is 0 Å². The Hall–Kier alpha value is -0.320. The van der Waals surface area contributed by atoms with Gasteiger partial charge >= 0.3 is 0 Å². The van der Waals surface area contributed by atoms with E-state index in [0.29, 0.717) is 11.8 Å². The molecule has 0 saturated carbocycles. The first kappa shape index (κ1) is 12.1. The summed E-state index contributed by atoms with van der Waals surface area (Å²) in [5.74, 6) is 0.942. The van der Waals surface area contributed by atoms with Crippen molar-refractivity contribution in [1.82, 2.24) is 10.3 Å². The Morgan fingerprint density at radius 1 is 1.56 bits per heavy atom. The topological polar surface area (TPSA) is 34.1 Å². The van der Waals surface area contributed by atoms with Crippen LogP contribution in [0.25, 0.3) is 0 Å². The first-order valence-corrected chi connectivity index (χ1v) is 6.44. The van der Waals surface area contributed by atoms with Gasteiger partial charge in [0, 0.05) is 19.5 Å². The van der Waals surface area contributed by atoms with Crippen molar-refractivity contribution in [2.75, 3.05) is 20.2 Å². The van der Waals surface area contributed by atoms with Gasteiger partial charge in [-0.2, -0.15) is 0 Å². The molecule has 1 aromatic heterocycles. The number of fused-ring (bicyclic) bond motifs is 1. The lowest BCUT2D eigenvalue weighted by molar-refractivity contribution is 0.393. The number of nitrogens with zero attached hydrogens (tertiary/aromatic N) is 1. The molecule has 2 heterocycles. The molecule has 1 aliphatic rings. The first-order valence-electron chi connectivity index (χ1n) is 5.27. The Morgan fingerprint density at radius 3 is 3.00 bits per heavy atom. The predicted octanol–water partition coefficient (Wildman–Crippen LogP) is 2.76.